The zero-order valence-corrected chi connectivity index (χ0v) is 18.4. The van der Waals surface area contributed by atoms with E-state index in [-0.39, 0.29) is 16.5 Å². The van der Waals surface area contributed by atoms with Crippen molar-refractivity contribution in [3.05, 3.63) is 69.2 Å². The Kier molecular flexibility index (Phi) is 7.22. The Morgan fingerprint density at radius 2 is 1.61 bits per heavy atom. The fraction of sp³-hybridized carbons (Fsp3) is 0.400. The molecule has 2 aromatic rings. The summed E-state index contributed by atoms with van der Waals surface area (Å²) >= 11 is 2.96. The summed E-state index contributed by atoms with van der Waals surface area (Å²) in [6.07, 6.45) is 0.722. The number of hydrogen-bond acceptors (Lipinski definition) is 2. The SMILES string of the molecule is CC(C)(C)c1ccc(CCOCc2ccc(C(F)(F)P(=O)(O)O)c(Br)c2)cc1. The van der Waals surface area contributed by atoms with Crippen LogP contribution in [0.4, 0.5) is 8.78 Å². The van der Waals surface area contributed by atoms with Gasteiger partial charge in [-0.05, 0) is 34.6 Å². The first-order valence-electron chi connectivity index (χ1n) is 8.72. The molecule has 8 heteroatoms. The zero-order valence-electron chi connectivity index (χ0n) is 16.0. The predicted molar refractivity (Wildman–Crippen MR) is 109 cm³/mol. The molecular weight excluding hydrogens is 453 g/mol. The highest BCUT2D eigenvalue weighted by Crippen LogP contribution is 2.60. The van der Waals surface area contributed by atoms with Crippen molar-refractivity contribution in [2.45, 2.75) is 44.9 Å². The molecule has 0 atom stereocenters. The van der Waals surface area contributed by atoms with Crippen molar-refractivity contribution in [2.24, 2.45) is 0 Å². The van der Waals surface area contributed by atoms with Gasteiger partial charge < -0.3 is 14.5 Å². The molecule has 0 bridgehead atoms. The van der Waals surface area contributed by atoms with E-state index >= 15 is 0 Å². The first-order chi connectivity index (χ1) is 12.8. The van der Waals surface area contributed by atoms with Gasteiger partial charge in [-0.2, -0.15) is 8.78 Å². The molecule has 0 aliphatic heterocycles. The highest BCUT2D eigenvalue weighted by molar-refractivity contribution is 9.10. The second kappa shape index (κ2) is 8.72. The molecule has 0 spiro atoms. The number of hydrogen-bond donors (Lipinski definition) is 2. The van der Waals surface area contributed by atoms with Gasteiger partial charge in [0.2, 0.25) is 0 Å². The molecule has 0 radical (unpaired) electrons. The van der Waals surface area contributed by atoms with Gasteiger partial charge in [0.15, 0.2) is 0 Å². The molecule has 2 N–H and O–H groups in total. The molecule has 2 aromatic carbocycles. The van der Waals surface area contributed by atoms with Crippen LogP contribution < -0.4 is 0 Å². The molecule has 0 amide bonds. The van der Waals surface area contributed by atoms with Crippen molar-refractivity contribution in [3.8, 4) is 0 Å². The normalized spacial score (nSPS) is 13.0. The third kappa shape index (κ3) is 5.71. The fourth-order valence-electron chi connectivity index (χ4n) is 2.60. The molecule has 0 saturated heterocycles. The summed E-state index contributed by atoms with van der Waals surface area (Å²) < 4.78 is 44.2. The monoisotopic (exact) mass is 476 g/mol. The van der Waals surface area contributed by atoms with Crippen molar-refractivity contribution < 1.29 is 27.9 Å². The third-order valence-corrected chi connectivity index (χ3v) is 5.98. The summed E-state index contributed by atoms with van der Waals surface area (Å²) in [6, 6.07) is 12.1. The van der Waals surface area contributed by atoms with E-state index in [4.69, 9.17) is 14.5 Å². The smallest absolute Gasteiger partial charge is 0.376 e. The molecule has 0 aromatic heterocycles. The van der Waals surface area contributed by atoms with E-state index < -0.39 is 18.8 Å². The number of halogens is 3. The maximum atomic E-state index is 13.8. The highest BCUT2D eigenvalue weighted by Gasteiger charge is 2.51. The Hall–Kier alpha value is -1.11. The van der Waals surface area contributed by atoms with E-state index in [1.807, 2.05) is 0 Å². The van der Waals surface area contributed by atoms with Crippen molar-refractivity contribution in [2.75, 3.05) is 6.61 Å². The van der Waals surface area contributed by atoms with Crippen LogP contribution in [0.5, 0.6) is 0 Å². The molecule has 0 heterocycles. The van der Waals surface area contributed by atoms with Crippen LogP contribution >= 0.6 is 23.5 Å². The summed E-state index contributed by atoms with van der Waals surface area (Å²) in [7, 11) is -5.60. The minimum absolute atomic E-state index is 0.0697. The molecule has 28 heavy (non-hydrogen) atoms. The second-order valence-electron chi connectivity index (χ2n) is 7.65. The molecule has 0 fully saturated rings. The fourth-order valence-corrected chi connectivity index (χ4v) is 3.94. The van der Waals surface area contributed by atoms with Gasteiger partial charge in [0.25, 0.3) is 0 Å². The van der Waals surface area contributed by atoms with Crippen molar-refractivity contribution in [3.63, 3.8) is 0 Å². The van der Waals surface area contributed by atoms with Crippen molar-refractivity contribution in [1.29, 1.82) is 0 Å². The van der Waals surface area contributed by atoms with E-state index in [0.717, 1.165) is 18.1 Å². The van der Waals surface area contributed by atoms with Gasteiger partial charge in [0.05, 0.1) is 13.2 Å². The number of benzene rings is 2. The van der Waals surface area contributed by atoms with Gasteiger partial charge in [-0.1, -0.05) is 73.1 Å². The quantitative estimate of drug-likeness (QED) is 0.395. The van der Waals surface area contributed by atoms with Crippen LogP contribution in [0.1, 0.15) is 43.0 Å². The molecule has 154 valence electrons. The van der Waals surface area contributed by atoms with Crippen molar-refractivity contribution >= 4 is 23.5 Å². The first kappa shape index (κ1) is 23.2. The summed E-state index contributed by atoms with van der Waals surface area (Å²) in [5.41, 5.74) is -1.86. The van der Waals surface area contributed by atoms with Crippen LogP contribution in [0.3, 0.4) is 0 Å². The van der Waals surface area contributed by atoms with Gasteiger partial charge in [-0.3, -0.25) is 4.57 Å². The minimum atomic E-state index is -5.60. The lowest BCUT2D eigenvalue weighted by Crippen LogP contribution is -2.14. The van der Waals surface area contributed by atoms with Gasteiger partial charge in [0, 0.05) is 10.0 Å². The summed E-state index contributed by atoms with van der Waals surface area (Å²) in [5.74, 6) is 0. The average Bonchev–Trinajstić information content (AvgIpc) is 2.57. The predicted octanol–water partition coefficient (Wildman–Crippen LogP) is 5.73. The molecule has 0 saturated carbocycles. The van der Waals surface area contributed by atoms with Crippen LogP contribution in [-0.4, -0.2) is 16.4 Å². The lowest BCUT2D eigenvalue weighted by atomic mass is 9.86. The minimum Gasteiger partial charge on any atom is -0.376 e. The lowest BCUT2D eigenvalue weighted by molar-refractivity contribution is 0.0556. The van der Waals surface area contributed by atoms with Crippen LogP contribution in [0, 0.1) is 0 Å². The molecule has 2 rings (SSSR count). The van der Waals surface area contributed by atoms with E-state index in [1.165, 1.54) is 17.7 Å². The highest BCUT2D eigenvalue weighted by atomic mass is 79.9. The maximum absolute atomic E-state index is 13.8. The standard InChI is InChI=1S/C20H24BrF2O4P/c1-19(2,3)16-7-4-14(5-8-16)10-11-27-13-15-6-9-17(18(21)12-15)20(22,23)28(24,25)26/h4-9,12H,10-11,13H2,1-3H3,(H2,24,25,26). The van der Waals surface area contributed by atoms with Gasteiger partial charge in [-0.25, -0.2) is 0 Å². The van der Waals surface area contributed by atoms with Gasteiger partial charge >= 0.3 is 13.3 Å². The van der Waals surface area contributed by atoms with Crippen LogP contribution in [0.15, 0.2) is 46.9 Å². The Morgan fingerprint density at radius 1 is 1.04 bits per heavy atom. The topological polar surface area (TPSA) is 66.8 Å². The summed E-state index contributed by atoms with van der Waals surface area (Å²) in [6.45, 7) is 7.15. The van der Waals surface area contributed by atoms with Crippen molar-refractivity contribution in [1.82, 2.24) is 0 Å². The summed E-state index contributed by atoms with van der Waals surface area (Å²) in [4.78, 5) is 17.7. The number of ether oxygens (including phenoxy) is 1. The van der Waals surface area contributed by atoms with E-state index in [1.54, 1.807) is 0 Å². The lowest BCUT2D eigenvalue weighted by Gasteiger charge is -2.19. The Morgan fingerprint density at radius 3 is 2.11 bits per heavy atom. The third-order valence-electron chi connectivity index (χ3n) is 4.35. The summed E-state index contributed by atoms with van der Waals surface area (Å²) in [5, 5.41) is 0. The maximum Gasteiger partial charge on any atom is 0.399 e. The van der Waals surface area contributed by atoms with Gasteiger partial charge in [0.1, 0.15) is 0 Å². The van der Waals surface area contributed by atoms with Crippen LogP contribution in [0.2, 0.25) is 0 Å². The molecule has 0 unspecified atom stereocenters. The second-order valence-corrected chi connectivity index (χ2v) is 10.2. The average molecular weight is 477 g/mol. The molecule has 0 aliphatic carbocycles. The number of alkyl halides is 2. The van der Waals surface area contributed by atoms with E-state index in [2.05, 4.69) is 61.0 Å². The Labute approximate surface area is 172 Å². The van der Waals surface area contributed by atoms with E-state index in [0.29, 0.717) is 12.2 Å². The zero-order chi connectivity index (χ0) is 21.2. The largest absolute Gasteiger partial charge is 0.399 e. The molecular formula is C20H24BrF2O4P. The number of rotatable bonds is 7. The van der Waals surface area contributed by atoms with E-state index in [9.17, 15) is 13.3 Å². The van der Waals surface area contributed by atoms with Gasteiger partial charge in [-0.15, -0.1) is 0 Å². The van der Waals surface area contributed by atoms with Crippen LogP contribution in [-0.2, 0) is 33.4 Å². The molecule has 4 nitrogen and oxygen atoms in total. The Balaban J connectivity index is 1.92. The Bertz CT molecular complexity index is 857. The first-order valence-corrected chi connectivity index (χ1v) is 11.1. The molecule has 0 aliphatic rings. The van der Waals surface area contributed by atoms with Crippen LogP contribution in [0.25, 0.3) is 0 Å².